The summed E-state index contributed by atoms with van der Waals surface area (Å²) < 4.78 is 33.1. The molecule has 1 aliphatic rings. The number of rotatable bonds is 4. The average molecular weight is 415 g/mol. The molecule has 1 atom stereocenters. The summed E-state index contributed by atoms with van der Waals surface area (Å²) in [7, 11) is -3.75. The molecular weight excluding hydrogens is 398 g/mol. The number of benzene rings is 2. The molecule has 0 aliphatic carbocycles. The number of carbonyl (C=O) groups is 1. The van der Waals surface area contributed by atoms with E-state index in [1.54, 1.807) is 10.3 Å². The monoisotopic (exact) mass is 415 g/mol. The summed E-state index contributed by atoms with van der Waals surface area (Å²) >= 11 is 1.19. The number of ether oxygens (including phenoxy) is 1. The Bertz CT molecular complexity index is 1100. The van der Waals surface area contributed by atoms with Crippen LogP contribution in [0.2, 0.25) is 0 Å². The molecule has 0 saturated carbocycles. The van der Waals surface area contributed by atoms with Crippen molar-refractivity contribution >= 4 is 38.1 Å². The van der Waals surface area contributed by atoms with E-state index in [0.717, 1.165) is 0 Å². The molecule has 28 heavy (non-hydrogen) atoms. The number of sulfonamides is 1. The topological polar surface area (TPSA) is 88.6 Å². The van der Waals surface area contributed by atoms with Gasteiger partial charge in [0, 0.05) is 17.1 Å². The highest BCUT2D eigenvalue weighted by molar-refractivity contribution is 7.93. The molecular formula is C19H17N3O4S2. The zero-order chi connectivity index (χ0) is 19.7. The van der Waals surface area contributed by atoms with Gasteiger partial charge < -0.3 is 9.64 Å². The van der Waals surface area contributed by atoms with Crippen LogP contribution in [0.5, 0.6) is 5.75 Å². The number of anilines is 2. The van der Waals surface area contributed by atoms with Gasteiger partial charge in [0.25, 0.3) is 15.9 Å². The third-order valence-electron chi connectivity index (χ3n) is 4.23. The zero-order valence-electron chi connectivity index (χ0n) is 14.9. The maximum absolute atomic E-state index is 13.0. The van der Waals surface area contributed by atoms with E-state index in [4.69, 9.17) is 4.74 Å². The summed E-state index contributed by atoms with van der Waals surface area (Å²) in [6, 6.07) is 13.2. The standard InChI is InChI=1S/C19H17N3O4S2/c1-13-12-22(16-4-2-3-5-17(16)26-13)18(23)14-6-8-15(9-7-14)28(24,25)21-19-20-10-11-27-19/h2-11,13H,12H2,1H3,(H,20,21). The minimum Gasteiger partial charge on any atom is -0.487 e. The van der Waals surface area contributed by atoms with E-state index in [9.17, 15) is 13.2 Å². The second-order valence-corrected chi connectivity index (χ2v) is 8.86. The quantitative estimate of drug-likeness (QED) is 0.706. The van der Waals surface area contributed by atoms with E-state index < -0.39 is 10.0 Å². The van der Waals surface area contributed by atoms with Gasteiger partial charge in [-0.1, -0.05) is 12.1 Å². The lowest BCUT2D eigenvalue weighted by molar-refractivity contribution is 0.0961. The molecule has 1 N–H and O–H groups in total. The Morgan fingerprint density at radius 1 is 1.21 bits per heavy atom. The maximum Gasteiger partial charge on any atom is 0.263 e. The van der Waals surface area contributed by atoms with Crippen LogP contribution in [0.25, 0.3) is 0 Å². The molecule has 0 saturated heterocycles. The molecule has 2 aromatic carbocycles. The van der Waals surface area contributed by atoms with Gasteiger partial charge in [-0.3, -0.25) is 9.52 Å². The van der Waals surface area contributed by atoms with Crippen LogP contribution in [0.4, 0.5) is 10.8 Å². The molecule has 1 aromatic heterocycles. The Balaban J connectivity index is 1.58. The van der Waals surface area contributed by atoms with Crippen molar-refractivity contribution in [3.8, 4) is 5.75 Å². The predicted octanol–water partition coefficient (Wildman–Crippen LogP) is 3.37. The molecule has 1 aliphatic heterocycles. The second kappa shape index (κ2) is 7.25. The Morgan fingerprint density at radius 2 is 1.96 bits per heavy atom. The molecule has 0 fully saturated rings. The predicted molar refractivity (Wildman–Crippen MR) is 108 cm³/mol. The fourth-order valence-corrected chi connectivity index (χ4v) is 4.75. The van der Waals surface area contributed by atoms with Gasteiger partial charge in [0.05, 0.1) is 17.1 Å². The number of nitrogens with zero attached hydrogens (tertiary/aromatic N) is 2. The number of nitrogens with one attached hydrogen (secondary N) is 1. The number of aromatic nitrogens is 1. The normalized spacial score (nSPS) is 16.2. The summed E-state index contributed by atoms with van der Waals surface area (Å²) in [6.07, 6.45) is 1.38. The van der Waals surface area contributed by atoms with E-state index in [0.29, 0.717) is 28.7 Å². The lowest BCUT2D eigenvalue weighted by Crippen LogP contribution is -2.42. The fraction of sp³-hybridized carbons (Fsp3) is 0.158. The molecule has 7 nitrogen and oxygen atoms in total. The minimum absolute atomic E-state index is 0.0648. The van der Waals surface area contributed by atoms with Crippen LogP contribution in [0.1, 0.15) is 17.3 Å². The first kappa shape index (κ1) is 18.5. The van der Waals surface area contributed by atoms with E-state index in [1.165, 1.54) is 41.8 Å². The average Bonchev–Trinajstić information content (AvgIpc) is 3.19. The van der Waals surface area contributed by atoms with Crippen molar-refractivity contribution in [2.75, 3.05) is 16.2 Å². The Hall–Kier alpha value is -2.91. The largest absolute Gasteiger partial charge is 0.487 e. The lowest BCUT2D eigenvalue weighted by atomic mass is 10.1. The van der Waals surface area contributed by atoms with E-state index in [2.05, 4.69) is 9.71 Å². The first-order chi connectivity index (χ1) is 13.4. The molecule has 144 valence electrons. The van der Waals surface area contributed by atoms with E-state index in [-0.39, 0.29) is 16.9 Å². The smallest absolute Gasteiger partial charge is 0.263 e. The van der Waals surface area contributed by atoms with Crippen molar-refractivity contribution < 1.29 is 17.9 Å². The molecule has 0 spiro atoms. The summed E-state index contributed by atoms with van der Waals surface area (Å²) in [4.78, 5) is 18.7. The molecule has 1 unspecified atom stereocenters. The summed E-state index contributed by atoms with van der Waals surface area (Å²) in [5.41, 5.74) is 1.10. The highest BCUT2D eigenvalue weighted by atomic mass is 32.2. The van der Waals surface area contributed by atoms with Crippen LogP contribution in [-0.4, -0.2) is 32.0 Å². The summed E-state index contributed by atoms with van der Waals surface area (Å²) in [5, 5.41) is 1.97. The molecule has 3 aromatic rings. The first-order valence-corrected chi connectivity index (χ1v) is 10.9. The number of hydrogen-bond acceptors (Lipinski definition) is 6. The number of para-hydroxylation sites is 2. The number of thiazole rings is 1. The van der Waals surface area contributed by atoms with E-state index in [1.807, 2.05) is 31.2 Å². The van der Waals surface area contributed by atoms with Crippen LogP contribution in [0.3, 0.4) is 0 Å². The summed E-state index contributed by atoms with van der Waals surface area (Å²) in [6.45, 7) is 2.32. The lowest BCUT2D eigenvalue weighted by Gasteiger charge is -2.33. The van der Waals surface area contributed by atoms with E-state index >= 15 is 0 Å². The Morgan fingerprint density at radius 3 is 2.68 bits per heavy atom. The van der Waals surface area contributed by atoms with Crippen molar-refractivity contribution in [1.82, 2.24) is 4.98 Å². The van der Waals surface area contributed by atoms with Gasteiger partial charge in [0.1, 0.15) is 11.9 Å². The third-order valence-corrected chi connectivity index (χ3v) is 6.41. The second-order valence-electron chi connectivity index (χ2n) is 6.28. The van der Waals surface area contributed by atoms with Crippen LogP contribution < -0.4 is 14.4 Å². The minimum atomic E-state index is -3.75. The van der Waals surface area contributed by atoms with Gasteiger partial charge in [-0.05, 0) is 43.3 Å². The van der Waals surface area contributed by atoms with Crippen LogP contribution in [-0.2, 0) is 10.0 Å². The van der Waals surface area contributed by atoms with Crippen molar-refractivity contribution in [1.29, 1.82) is 0 Å². The third kappa shape index (κ3) is 3.58. The maximum atomic E-state index is 13.0. The van der Waals surface area contributed by atoms with Crippen molar-refractivity contribution in [2.45, 2.75) is 17.9 Å². The highest BCUT2D eigenvalue weighted by Crippen LogP contribution is 2.34. The van der Waals surface area contributed by atoms with Crippen LogP contribution >= 0.6 is 11.3 Å². The first-order valence-electron chi connectivity index (χ1n) is 8.54. The fourth-order valence-electron chi connectivity index (χ4n) is 2.96. The molecule has 2 heterocycles. The number of fused-ring (bicyclic) bond motifs is 1. The molecule has 0 bridgehead atoms. The van der Waals surface area contributed by atoms with Gasteiger partial charge >= 0.3 is 0 Å². The summed E-state index contributed by atoms with van der Waals surface area (Å²) in [5.74, 6) is 0.445. The molecule has 4 rings (SSSR count). The Kier molecular flexibility index (Phi) is 4.78. The zero-order valence-corrected chi connectivity index (χ0v) is 16.5. The van der Waals surface area contributed by atoms with Gasteiger partial charge in [-0.2, -0.15) is 0 Å². The van der Waals surface area contributed by atoms with Gasteiger partial charge in [-0.25, -0.2) is 13.4 Å². The molecule has 9 heteroatoms. The van der Waals surface area contributed by atoms with Crippen molar-refractivity contribution in [3.05, 3.63) is 65.7 Å². The molecule has 1 amide bonds. The number of carbonyl (C=O) groups excluding carboxylic acids is 1. The number of amides is 1. The highest BCUT2D eigenvalue weighted by Gasteiger charge is 2.28. The SMILES string of the molecule is CC1CN(C(=O)c2ccc(S(=O)(=O)Nc3nccs3)cc2)c2ccccc2O1. The van der Waals surface area contributed by atoms with Crippen molar-refractivity contribution in [3.63, 3.8) is 0 Å². The van der Waals surface area contributed by atoms with Gasteiger partial charge in [0.2, 0.25) is 0 Å². The van der Waals surface area contributed by atoms with Crippen LogP contribution in [0, 0.1) is 0 Å². The van der Waals surface area contributed by atoms with Crippen LogP contribution in [0.15, 0.2) is 65.0 Å². The molecule has 0 radical (unpaired) electrons. The Labute approximate surface area is 166 Å². The van der Waals surface area contributed by atoms with Gasteiger partial charge in [0.15, 0.2) is 5.13 Å². The van der Waals surface area contributed by atoms with Crippen molar-refractivity contribution in [2.24, 2.45) is 0 Å². The number of hydrogen-bond donors (Lipinski definition) is 1. The van der Waals surface area contributed by atoms with Gasteiger partial charge in [-0.15, -0.1) is 11.3 Å².